The average Bonchev–Trinajstić information content (AvgIpc) is 3.41. The summed E-state index contributed by atoms with van der Waals surface area (Å²) in [6.07, 6.45) is 2.05. The first-order valence-corrected chi connectivity index (χ1v) is 9.76. The number of amides is 2. The molecule has 2 aromatic heterocycles. The molecule has 1 aliphatic heterocycles. The van der Waals surface area contributed by atoms with Crippen molar-refractivity contribution in [2.45, 2.75) is 13.0 Å². The van der Waals surface area contributed by atoms with Crippen LogP contribution in [0.2, 0.25) is 0 Å². The number of hydrogen-bond acceptors (Lipinski definition) is 7. The van der Waals surface area contributed by atoms with Crippen LogP contribution in [0.3, 0.4) is 0 Å². The maximum atomic E-state index is 13.1. The molecule has 150 valence electrons. The van der Waals surface area contributed by atoms with Gasteiger partial charge in [-0.3, -0.25) is 14.9 Å². The second-order valence-electron chi connectivity index (χ2n) is 6.34. The maximum absolute atomic E-state index is 13.1. The van der Waals surface area contributed by atoms with E-state index in [2.05, 4.69) is 10.3 Å². The van der Waals surface area contributed by atoms with E-state index in [4.69, 9.17) is 13.9 Å². The molecule has 0 aliphatic carbocycles. The number of methoxy groups -OCH3 is 2. The molecule has 4 rings (SSSR count). The molecule has 3 aromatic rings. The zero-order valence-electron chi connectivity index (χ0n) is 15.9. The number of nitrogens with one attached hydrogen (secondary N) is 1. The second-order valence-corrected chi connectivity index (χ2v) is 7.42. The number of nitrogens with zero attached hydrogens (tertiary/aromatic N) is 2. The molecule has 0 saturated carbocycles. The molecule has 3 heterocycles. The number of carbonyl (C=O) groups is 2. The van der Waals surface area contributed by atoms with E-state index in [-0.39, 0.29) is 17.6 Å². The van der Waals surface area contributed by atoms with Crippen LogP contribution in [0.25, 0.3) is 0 Å². The van der Waals surface area contributed by atoms with Crippen molar-refractivity contribution in [3.63, 3.8) is 0 Å². The van der Waals surface area contributed by atoms with Gasteiger partial charge < -0.3 is 18.8 Å². The van der Waals surface area contributed by atoms with Gasteiger partial charge in [0.05, 0.1) is 38.3 Å². The van der Waals surface area contributed by atoms with E-state index in [0.29, 0.717) is 41.7 Å². The van der Waals surface area contributed by atoms with Crippen LogP contribution in [0.1, 0.15) is 31.5 Å². The molecule has 0 atom stereocenters. The number of benzene rings is 1. The first-order valence-electron chi connectivity index (χ1n) is 8.94. The summed E-state index contributed by atoms with van der Waals surface area (Å²) in [5.41, 5.74) is 1.34. The van der Waals surface area contributed by atoms with Crippen molar-refractivity contribution in [3.8, 4) is 11.5 Å². The third-order valence-electron chi connectivity index (χ3n) is 4.62. The Hall–Kier alpha value is -3.33. The van der Waals surface area contributed by atoms with E-state index >= 15 is 0 Å². The highest BCUT2D eigenvalue weighted by Gasteiger charge is 2.28. The van der Waals surface area contributed by atoms with Gasteiger partial charge >= 0.3 is 0 Å². The fourth-order valence-corrected chi connectivity index (χ4v) is 4.23. The molecular weight excluding hydrogens is 394 g/mol. The molecule has 2 amide bonds. The van der Waals surface area contributed by atoms with Crippen molar-refractivity contribution in [3.05, 3.63) is 58.5 Å². The number of hydrogen-bond donors (Lipinski definition) is 1. The summed E-state index contributed by atoms with van der Waals surface area (Å²) in [7, 11) is 3.05. The summed E-state index contributed by atoms with van der Waals surface area (Å²) in [6, 6.07) is 8.48. The smallest absolute Gasteiger partial charge is 0.293 e. The number of carbonyl (C=O) groups excluding carboxylic acids is 2. The molecule has 0 unspecified atom stereocenters. The topological polar surface area (TPSA) is 93.9 Å². The third kappa shape index (κ3) is 3.68. The molecule has 8 nitrogen and oxygen atoms in total. The lowest BCUT2D eigenvalue weighted by atomic mass is 10.1. The van der Waals surface area contributed by atoms with Crippen molar-refractivity contribution >= 4 is 28.3 Å². The largest absolute Gasteiger partial charge is 0.493 e. The van der Waals surface area contributed by atoms with Crippen molar-refractivity contribution < 1.29 is 23.5 Å². The van der Waals surface area contributed by atoms with E-state index in [1.165, 1.54) is 31.8 Å². The first kappa shape index (κ1) is 19.0. The van der Waals surface area contributed by atoms with Gasteiger partial charge in [0.1, 0.15) is 0 Å². The van der Waals surface area contributed by atoms with Crippen LogP contribution in [-0.4, -0.2) is 42.5 Å². The van der Waals surface area contributed by atoms with Gasteiger partial charge in [-0.25, -0.2) is 4.98 Å². The molecular formula is C20H19N3O5S. The van der Waals surface area contributed by atoms with E-state index in [1.54, 1.807) is 35.2 Å². The molecule has 1 N–H and O–H groups in total. The minimum absolute atomic E-state index is 0.138. The van der Waals surface area contributed by atoms with Crippen LogP contribution >= 0.6 is 11.3 Å². The first-order chi connectivity index (χ1) is 14.1. The quantitative estimate of drug-likeness (QED) is 0.690. The van der Waals surface area contributed by atoms with Gasteiger partial charge in [-0.05, 0) is 24.3 Å². The van der Waals surface area contributed by atoms with E-state index in [1.807, 2.05) is 0 Å². The molecule has 0 saturated heterocycles. The highest BCUT2D eigenvalue weighted by molar-refractivity contribution is 7.15. The standard InChI is InChI=1S/C20H19N3O5S/c1-26-14-6-3-5-12(17(14)27-2)19(25)23-9-8-13-16(11-23)29-20(21-13)22-18(24)15-7-4-10-28-15/h3-7,10H,8-9,11H2,1-2H3,(H,21,22,24). The highest BCUT2D eigenvalue weighted by atomic mass is 32.1. The van der Waals surface area contributed by atoms with Crippen molar-refractivity contribution in [1.29, 1.82) is 0 Å². The van der Waals surface area contributed by atoms with E-state index < -0.39 is 0 Å². The van der Waals surface area contributed by atoms with Crippen LogP contribution < -0.4 is 14.8 Å². The zero-order valence-corrected chi connectivity index (χ0v) is 16.7. The normalized spacial score (nSPS) is 13.0. The Morgan fingerprint density at radius 2 is 2.07 bits per heavy atom. The van der Waals surface area contributed by atoms with E-state index in [9.17, 15) is 9.59 Å². The summed E-state index contributed by atoms with van der Waals surface area (Å²) in [6.45, 7) is 0.949. The Kier molecular flexibility index (Phi) is 5.22. The minimum Gasteiger partial charge on any atom is -0.493 e. The predicted molar refractivity (Wildman–Crippen MR) is 107 cm³/mol. The Balaban J connectivity index is 1.51. The number of rotatable bonds is 5. The van der Waals surface area contributed by atoms with Crippen molar-refractivity contribution in [1.82, 2.24) is 9.88 Å². The van der Waals surface area contributed by atoms with Gasteiger partial charge in [0, 0.05) is 17.8 Å². The third-order valence-corrected chi connectivity index (χ3v) is 5.62. The number of furan rings is 1. The lowest BCUT2D eigenvalue weighted by molar-refractivity contribution is 0.0732. The minimum atomic E-state index is -0.352. The predicted octanol–water partition coefficient (Wildman–Crippen LogP) is 3.20. The Morgan fingerprint density at radius 1 is 1.21 bits per heavy atom. The maximum Gasteiger partial charge on any atom is 0.293 e. The Labute approximate surface area is 171 Å². The van der Waals surface area contributed by atoms with Crippen LogP contribution in [0.5, 0.6) is 11.5 Å². The highest BCUT2D eigenvalue weighted by Crippen LogP contribution is 2.34. The molecule has 9 heteroatoms. The number of fused-ring (bicyclic) bond motifs is 1. The van der Waals surface area contributed by atoms with Crippen molar-refractivity contribution in [2.24, 2.45) is 0 Å². The average molecular weight is 413 g/mol. The van der Waals surface area contributed by atoms with Gasteiger partial charge in [-0.15, -0.1) is 0 Å². The molecule has 0 bridgehead atoms. The molecule has 0 radical (unpaired) electrons. The van der Waals surface area contributed by atoms with Gasteiger partial charge in [-0.1, -0.05) is 17.4 Å². The SMILES string of the molecule is COc1cccc(C(=O)N2CCc3nc(NC(=O)c4ccco4)sc3C2)c1OC. The van der Waals surface area contributed by atoms with Gasteiger partial charge in [0.2, 0.25) is 0 Å². The zero-order chi connectivity index (χ0) is 20.4. The van der Waals surface area contributed by atoms with Gasteiger partial charge in [-0.2, -0.15) is 0 Å². The molecule has 0 fully saturated rings. The Morgan fingerprint density at radius 3 is 2.79 bits per heavy atom. The lowest BCUT2D eigenvalue weighted by Crippen LogP contribution is -2.35. The molecule has 1 aliphatic rings. The number of aromatic nitrogens is 1. The monoisotopic (exact) mass is 413 g/mol. The summed E-state index contributed by atoms with van der Waals surface area (Å²) in [4.78, 5) is 32.4. The second kappa shape index (κ2) is 7.96. The summed E-state index contributed by atoms with van der Waals surface area (Å²) >= 11 is 1.36. The summed E-state index contributed by atoms with van der Waals surface area (Å²) in [5.74, 6) is 0.662. The van der Waals surface area contributed by atoms with Crippen molar-refractivity contribution in [2.75, 3.05) is 26.1 Å². The summed E-state index contributed by atoms with van der Waals surface area (Å²) in [5, 5.41) is 3.24. The molecule has 0 spiro atoms. The lowest BCUT2D eigenvalue weighted by Gasteiger charge is -2.27. The molecule has 1 aromatic carbocycles. The van der Waals surface area contributed by atoms with Gasteiger partial charge in [0.25, 0.3) is 11.8 Å². The fourth-order valence-electron chi connectivity index (χ4n) is 3.21. The van der Waals surface area contributed by atoms with Crippen LogP contribution in [0.4, 0.5) is 5.13 Å². The number of ether oxygens (including phenoxy) is 2. The number of thiazole rings is 1. The van der Waals surface area contributed by atoms with Crippen LogP contribution in [-0.2, 0) is 13.0 Å². The number of para-hydroxylation sites is 1. The Bertz CT molecular complexity index is 1040. The van der Waals surface area contributed by atoms with Crippen LogP contribution in [0, 0.1) is 0 Å². The number of anilines is 1. The van der Waals surface area contributed by atoms with Gasteiger partial charge in [0.15, 0.2) is 22.4 Å². The van der Waals surface area contributed by atoms with Crippen LogP contribution in [0.15, 0.2) is 41.0 Å². The summed E-state index contributed by atoms with van der Waals surface area (Å²) < 4.78 is 15.8. The van der Waals surface area contributed by atoms with E-state index in [0.717, 1.165) is 10.6 Å². The molecule has 29 heavy (non-hydrogen) atoms. The fraction of sp³-hybridized carbons (Fsp3) is 0.250.